The summed E-state index contributed by atoms with van der Waals surface area (Å²) >= 11 is 5.11. The van der Waals surface area contributed by atoms with E-state index in [2.05, 4.69) is 10.2 Å². The van der Waals surface area contributed by atoms with Gasteiger partial charge < -0.3 is 15.3 Å². The van der Waals surface area contributed by atoms with Crippen LogP contribution in [-0.2, 0) is 0 Å². The Labute approximate surface area is 78.8 Å². The Balaban J connectivity index is 2.40. The van der Waals surface area contributed by atoms with Crippen LogP contribution in [0.1, 0.15) is 12.8 Å². The molecule has 1 rings (SSSR count). The topological polar surface area (TPSA) is 35.5 Å². The molecule has 1 fully saturated rings. The number of likely N-dealkylation sites (tertiary alicyclic amines) is 1. The molecule has 1 atom stereocenters. The third-order valence-electron chi connectivity index (χ3n) is 2.28. The quantitative estimate of drug-likeness (QED) is 0.576. The molecule has 12 heavy (non-hydrogen) atoms. The second-order valence-electron chi connectivity index (χ2n) is 3.19. The van der Waals surface area contributed by atoms with Crippen molar-refractivity contribution in [2.75, 3.05) is 26.7 Å². The third-order valence-corrected chi connectivity index (χ3v) is 2.74. The zero-order valence-electron chi connectivity index (χ0n) is 7.42. The van der Waals surface area contributed by atoms with Crippen molar-refractivity contribution >= 4 is 17.3 Å². The first-order chi connectivity index (χ1) is 5.77. The highest BCUT2D eigenvalue weighted by Crippen LogP contribution is 2.15. The van der Waals surface area contributed by atoms with Gasteiger partial charge in [-0.05, 0) is 31.0 Å². The molecule has 0 radical (unpaired) electrons. The van der Waals surface area contributed by atoms with Crippen molar-refractivity contribution in [3.8, 4) is 0 Å². The highest BCUT2D eigenvalue weighted by Gasteiger charge is 2.19. The van der Waals surface area contributed by atoms with Crippen molar-refractivity contribution in [2.24, 2.45) is 5.92 Å². The number of rotatable bonds is 1. The van der Waals surface area contributed by atoms with Gasteiger partial charge in [0.05, 0.1) is 0 Å². The second-order valence-corrected chi connectivity index (χ2v) is 3.58. The second kappa shape index (κ2) is 4.62. The molecule has 0 aromatic carbocycles. The van der Waals surface area contributed by atoms with Crippen LogP contribution >= 0.6 is 12.2 Å². The van der Waals surface area contributed by atoms with Crippen molar-refractivity contribution in [2.45, 2.75) is 12.8 Å². The van der Waals surface area contributed by atoms with Gasteiger partial charge in [-0.15, -0.1) is 0 Å². The molecule has 0 spiro atoms. The molecule has 2 N–H and O–H groups in total. The number of piperidine rings is 1. The van der Waals surface area contributed by atoms with Crippen LogP contribution in [0.25, 0.3) is 0 Å². The van der Waals surface area contributed by atoms with Crippen LogP contribution in [0.15, 0.2) is 0 Å². The Hall–Kier alpha value is -0.350. The lowest BCUT2D eigenvalue weighted by Crippen LogP contribution is -2.44. The van der Waals surface area contributed by atoms with Crippen LogP contribution < -0.4 is 5.32 Å². The van der Waals surface area contributed by atoms with Crippen LogP contribution in [0.3, 0.4) is 0 Å². The number of aliphatic hydroxyl groups is 1. The molecular formula is C8H16N2OS. The highest BCUT2D eigenvalue weighted by molar-refractivity contribution is 7.80. The summed E-state index contributed by atoms with van der Waals surface area (Å²) in [5, 5.41) is 12.7. The van der Waals surface area contributed by atoms with Gasteiger partial charge in [0.1, 0.15) is 0 Å². The predicted octanol–water partition coefficient (Wildman–Crippen LogP) is 0.195. The number of nitrogens with one attached hydrogen (secondary N) is 1. The average Bonchev–Trinajstić information content (AvgIpc) is 2.17. The van der Waals surface area contributed by atoms with E-state index in [-0.39, 0.29) is 6.61 Å². The van der Waals surface area contributed by atoms with Crippen LogP contribution in [0, 0.1) is 5.92 Å². The van der Waals surface area contributed by atoms with Gasteiger partial charge in [-0.1, -0.05) is 0 Å². The minimum atomic E-state index is 0.281. The summed E-state index contributed by atoms with van der Waals surface area (Å²) in [6.07, 6.45) is 2.26. The molecule has 1 heterocycles. The smallest absolute Gasteiger partial charge is 0.168 e. The fraction of sp³-hybridized carbons (Fsp3) is 0.875. The first-order valence-corrected chi connectivity index (χ1v) is 4.76. The Bertz CT molecular complexity index is 163. The molecule has 1 unspecified atom stereocenters. The lowest BCUT2D eigenvalue weighted by molar-refractivity contribution is 0.160. The van der Waals surface area contributed by atoms with Gasteiger partial charge in [0.2, 0.25) is 0 Å². The van der Waals surface area contributed by atoms with Gasteiger partial charge in [-0.3, -0.25) is 0 Å². The Kier molecular flexibility index (Phi) is 3.75. The highest BCUT2D eigenvalue weighted by atomic mass is 32.1. The molecule has 0 bridgehead atoms. The fourth-order valence-electron chi connectivity index (χ4n) is 1.56. The number of aliphatic hydroxyl groups excluding tert-OH is 1. The Morgan fingerprint density at radius 2 is 2.50 bits per heavy atom. The summed E-state index contributed by atoms with van der Waals surface area (Å²) in [5.74, 6) is 0.407. The van der Waals surface area contributed by atoms with E-state index in [1.807, 2.05) is 7.05 Å². The number of thiocarbonyl (C=S) groups is 1. The van der Waals surface area contributed by atoms with E-state index in [1.165, 1.54) is 0 Å². The lowest BCUT2D eigenvalue weighted by atomic mass is 9.99. The predicted molar refractivity (Wildman–Crippen MR) is 53.0 cm³/mol. The van der Waals surface area contributed by atoms with E-state index in [1.54, 1.807) is 0 Å². The zero-order chi connectivity index (χ0) is 8.97. The molecule has 70 valence electrons. The van der Waals surface area contributed by atoms with E-state index in [9.17, 15) is 0 Å². The first kappa shape index (κ1) is 9.74. The molecule has 0 aromatic rings. The van der Waals surface area contributed by atoms with Crippen molar-refractivity contribution in [1.29, 1.82) is 0 Å². The van der Waals surface area contributed by atoms with Gasteiger partial charge in [-0.2, -0.15) is 0 Å². The number of nitrogens with zero attached hydrogens (tertiary/aromatic N) is 1. The van der Waals surface area contributed by atoms with Crippen LogP contribution in [0.4, 0.5) is 0 Å². The van der Waals surface area contributed by atoms with E-state index >= 15 is 0 Å². The largest absolute Gasteiger partial charge is 0.396 e. The average molecular weight is 188 g/mol. The Morgan fingerprint density at radius 3 is 3.08 bits per heavy atom. The van der Waals surface area contributed by atoms with Crippen LogP contribution in [-0.4, -0.2) is 41.9 Å². The summed E-state index contributed by atoms with van der Waals surface area (Å²) in [6, 6.07) is 0. The van der Waals surface area contributed by atoms with Crippen LogP contribution in [0.2, 0.25) is 0 Å². The Morgan fingerprint density at radius 1 is 1.75 bits per heavy atom. The van der Waals surface area contributed by atoms with Crippen molar-refractivity contribution in [1.82, 2.24) is 10.2 Å². The minimum absolute atomic E-state index is 0.281. The van der Waals surface area contributed by atoms with Crippen molar-refractivity contribution in [3.63, 3.8) is 0 Å². The third kappa shape index (κ3) is 2.32. The fourth-order valence-corrected chi connectivity index (χ4v) is 1.72. The maximum absolute atomic E-state index is 8.97. The summed E-state index contributed by atoms with van der Waals surface area (Å²) < 4.78 is 0. The van der Waals surface area contributed by atoms with Crippen molar-refractivity contribution < 1.29 is 5.11 Å². The van der Waals surface area contributed by atoms with E-state index in [0.29, 0.717) is 5.92 Å². The molecule has 0 amide bonds. The maximum atomic E-state index is 8.97. The maximum Gasteiger partial charge on any atom is 0.168 e. The molecule has 0 aliphatic carbocycles. The van der Waals surface area contributed by atoms with E-state index in [4.69, 9.17) is 17.3 Å². The molecule has 4 heteroatoms. The summed E-state index contributed by atoms with van der Waals surface area (Å²) in [4.78, 5) is 2.12. The van der Waals surface area contributed by atoms with E-state index < -0.39 is 0 Å². The molecule has 1 saturated heterocycles. The SMILES string of the molecule is CNC(=S)N1CCCC(CO)C1. The first-order valence-electron chi connectivity index (χ1n) is 4.35. The minimum Gasteiger partial charge on any atom is -0.396 e. The molecular weight excluding hydrogens is 172 g/mol. The van der Waals surface area contributed by atoms with Crippen molar-refractivity contribution in [3.05, 3.63) is 0 Å². The summed E-state index contributed by atoms with van der Waals surface area (Å²) in [6.45, 7) is 2.20. The number of hydrogen-bond donors (Lipinski definition) is 2. The van der Waals surface area contributed by atoms with E-state index in [0.717, 1.165) is 31.0 Å². The number of hydrogen-bond acceptors (Lipinski definition) is 2. The van der Waals surface area contributed by atoms with Gasteiger partial charge in [-0.25, -0.2) is 0 Å². The van der Waals surface area contributed by atoms with Gasteiger partial charge >= 0.3 is 0 Å². The van der Waals surface area contributed by atoms with Gasteiger partial charge in [0, 0.05) is 26.7 Å². The molecule has 0 saturated carbocycles. The summed E-state index contributed by atoms with van der Waals surface area (Å²) in [7, 11) is 1.84. The summed E-state index contributed by atoms with van der Waals surface area (Å²) in [5.41, 5.74) is 0. The van der Waals surface area contributed by atoms with Crippen LogP contribution in [0.5, 0.6) is 0 Å². The van der Waals surface area contributed by atoms with Gasteiger partial charge in [0.25, 0.3) is 0 Å². The molecule has 3 nitrogen and oxygen atoms in total. The lowest BCUT2D eigenvalue weighted by Gasteiger charge is -2.33. The van der Waals surface area contributed by atoms with Gasteiger partial charge in [0.15, 0.2) is 5.11 Å². The molecule has 1 aliphatic rings. The standard InChI is InChI=1S/C8H16N2OS/c1-9-8(12)10-4-2-3-7(5-10)6-11/h7,11H,2-6H2,1H3,(H,9,12). The normalized spacial score (nSPS) is 23.8. The molecule has 1 aliphatic heterocycles. The monoisotopic (exact) mass is 188 g/mol. The molecule has 0 aromatic heterocycles. The zero-order valence-corrected chi connectivity index (χ0v) is 8.23.